The molecule has 1 heterocycles. The summed E-state index contributed by atoms with van der Waals surface area (Å²) in [6.07, 6.45) is 0. The molecule has 15 heavy (non-hydrogen) atoms. The topological polar surface area (TPSA) is 29.3 Å². The van der Waals surface area contributed by atoms with E-state index in [2.05, 4.69) is 17.0 Å². The summed E-state index contributed by atoms with van der Waals surface area (Å²) in [5.74, 6) is 0.359. The van der Waals surface area contributed by atoms with Crippen LogP contribution in [-0.4, -0.2) is 37.3 Å². The number of nitrogens with zero attached hydrogens (tertiary/aromatic N) is 1. The zero-order chi connectivity index (χ0) is 10.7. The molecule has 1 fully saturated rings. The molecular weight excluding hydrogens is 191 g/mol. The van der Waals surface area contributed by atoms with Crippen LogP contribution in [0.1, 0.15) is 11.5 Å². The molecule has 2 atom stereocenters. The van der Waals surface area contributed by atoms with Crippen molar-refractivity contribution in [1.82, 2.24) is 4.90 Å². The van der Waals surface area contributed by atoms with E-state index in [1.165, 1.54) is 5.56 Å². The van der Waals surface area contributed by atoms with Crippen LogP contribution in [0.5, 0.6) is 0 Å². The van der Waals surface area contributed by atoms with Crippen molar-refractivity contribution in [3.05, 3.63) is 35.9 Å². The van der Waals surface area contributed by atoms with Gasteiger partial charge in [-0.15, -0.1) is 0 Å². The third kappa shape index (κ3) is 2.36. The van der Waals surface area contributed by atoms with Crippen LogP contribution in [-0.2, 0) is 0 Å². The van der Waals surface area contributed by atoms with Crippen LogP contribution in [0.4, 0.5) is 4.39 Å². The average Bonchev–Trinajstić information content (AvgIpc) is 2.61. The maximum absolute atomic E-state index is 12.2. The summed E-state index contributed by atoms with van der Waals surface area (Å²) >= 11 is 0. The molecule has 0 amide bonds. The molecule has 0 spiro atoms. The molecule has 0 radical (unpaired) electrons. The number of likely N-dealkylation sites (tertiary alicyclic amines) is 1. The van der Waals surface area contributed by atoms with Crippen molar-refractivity contribution in [2.75, 3.05) is 26.3 Å². The van der Waals surface area contributed by atoms with Crippen LogP contribution in [0.2, 0.25) is 0 Å². The van der Waals surface area contributed by atoms with Gasteiger partial charge in [0, 0.05) is 31.6 Å². The smallest absolute Gasteiger partial charge is 0.102 e. The second kappa shape index (κ2) is 4.73. The Morgan fingerprint density at radius 3 is 2.67 bits per heavy atom. The van der Waals surface area contributed by atoms with Gasteiger partial charge < -0.3 is 5.73 Å². The monoisotopic (exact) mass is 208 g/mol. The highest BCUT2D eigenvalue weighted by Gasteiger charge is 2.30. The minimum absolute atomic E-state index is 0.138. The standard InChI is InChI=1S/C12H17FN2/c13-6-7-15-8-11(12(14)9-15)10-4-2-1-3-5-10/h1-5,11-12H,6-9,14H2/t11-,12+/m0/s1. The van der Waals surface area contributed by atoms with E-state index in [0.717, 1.165) is 13.1 Å². The summed E-state index contributed by atoms with van der Waals surface area (Å²) < 4.78 is 12.2. The molecule has 1 aromatic carbocycles. The number of rotatable bonds is 3. The first-order valence-electron chi connectivity index (χ1n) is 5.40. The fourth-order valence-electron chi connectivity index (χ4n) is 2.27. The van der Waals surface area contributed by atoms with E-state index in [-0.39, 0.29) is 12.7 Å². The van der Waals surface area contributed by atoms with Gasteiger partial charge in [-0.25, -0.2) is 4.39 Å². The predicted molar refractivity (Wildman–Crippen MR) is 59.6 cm³/mol. The molecule has 3 heteroatoms. The van der Waals surface area contributed by atoms with E-state index in [9.17, 15) is 4.39 Å². The third-order valence-corrected chi connectivity index (χ3v) is 3.07. The van der Waals surface area contributed by atoms with Crippen LogP contribution in [0.15, 0.2) is 30.3 Å². The fourth-order valence-corrected chi connectivity index (χ4v) is 2.27. The second-order valence-corrected chi connectivity index (χ2v) is 4.13. The Hall–Kier alpha value is -0.930. The highest BCUT2D eigenvalue weighted by Crippen LogP contribution is 2.25. The molecule has 1 aliphatic heterocycles. The van der Waals surface area contributed by atoms with Crippen molar-refractivity contribution in [2.24, 2.45) is 5.73 Å². The number of hydrogen-bond donors (Lipinski definition) is 1. The molecule has 1 aliphatic rings. The lowest BCUT2D eigenvalue weighted by atomic mass is 9.95. The van der Waals surface area contributed by atoms with E-state index in [0.29, 0.717) is 12.5 Å². The second-order valence-electron chi connectivity index (χ2n) is 4.13. The number of nitrogens with two attached hydrogens (primary N) is 1. The van der Waals surface area contributed by atoms with Crippen molar-refractivity contribution in [1.29, 1.82) is 0 Å². The Balaban J connectivity index is 2.05. The Kier molecular flexibility index (Phi) is 3.34. The van der Waals surface area contributed by atoms with E-state index < -0.39 is 0 Å². The molecule has 0 saturated carbocycles. The van der Waals surface area contributed by atoms with Gasteiger partial charge in [-0.05, 0) is 5.56 Å². The van der Waals surface area contributed by atoms with Gasteiger partial charge in [0.05, 0.1) is 0 Å². The molecule has 2 N–H and O–H groups in total. The van der Waals surface area contributed by atoms with E-state index >= 15 is 0 Å². The van der Waals surface area contributed by atoms with Gasteiger partial charge in [0.15, 0.2) is 0 Å². The summed E-state index contributed by atoms with van der Waals surface area (Å²) in [5, 5.41) is 0. The van der Waals surface area contributed by atoms with E-state index in [1.807, 2.05) is 18.2 Å². The predicted octanol–water partition coefficient (Wildman–Crippen LogP) is 1.38. The van der Waals surface area contributed by atoms with Gasteiger partial charge in [0.2, 0.25) is 0 Å². The lowest BCUT2D eigenvalue weighted by Crippen LogP contribution is -2.29. The first-order valence-corrected chi connectivity index (χ1v) is 5.40. The normalized spacial score (nSPS) is 27.1. The molecule has 2 rings (SSSR count). The molecule has 0 unspecified atom stereocenters. The maximum Gasteiger partial charge on any atom is 0.102 e. The third-order valence-electron chi connectivity index (χ3n) is 3.07. The largest absolute Gasteiger partial charge is 0.326 e. The van der Waals surface area contributed by atoms with Crippen molar-refractivity contribution >= 4 is 0 Å². The van der Waals surface area contributed by atoms with Crippen molar-refractivity contribution in [3.63, 3.8) is 0 Å². The first-order chi connectivity index (χ1) is 7.31. The van der Waals surface area contributed by atoms with Crippen molar-refractivity contribution in [3.8, 4) is 0 Å². The lowest BCUT2D eigenvalue weighted by Gasteiger charge is -2.14. The van der Waals surface area contributed by atoms with E-state index in [1.54, 1.807) is 0 Å². The number of hydrogen-bond acceptors (Lipinski definition) is 2. The number of benzene rings is 1. The SMILES string of the molecule is N[C@@H]1CN(CCF)C[C@H]1c1ccccc1. The van der Waals surface area contributed by atoms with Gasteiger partial charge in [-0.2, -0.15) is 0 Å². The quantitative estimate of drug-likeness (QED) is 0.813. The molecule has 82 valence electrons. The van der Waals surface area contributed by atoms with Gasteiger partial charge in [0.1, 0.15) is 6.67 Å². The van der Waals surface area contributed by atoms with Crippen LogP contribution in [0.3, 0.4) is 0 Å². The van der Waals surface area contributed by atoms with Crippen molar-refractivity contribution in [2.45, 2.75) is 12.0 Å². The fraction of sp³-hybridized carbons (Fsp3) is 0.500. The van der Waals surface area contributed by atoms with Gasteiger partial charge in [0.25, 0.3) is 0 Å². The molecular formula is C12H17FN2. The van der Waals surface area contributed by atoms with Gasteiger partial charge in [-0.3, -0.25) is 4.90 Å². The Bertz CT molecular complexity index is 302. The molecule has 0 aromatic heterocycles. The molecule has 1 aromatic rings. The van der Waals surface area contributed by atoms with E-state index in [4.69, 9.17) is 5.73 Å². The van der Waals surface area contributed by atoms with Crippen molar-refractivity contribution < 1.29 is 4.39 Å². The Morgan fingerprint density at radius 1 is 1.27 bits per heavy atom. The summed E-state index contributed by atoms with van der Waals surface area (Å²) in [6, 6.07) is 10.4. The molecule has 0 aliphatic carbocycles. The molecule has 0 bridgehead atoms. The summed E-state index contributed by atoms with van der Waals surface area (Å²) in [4.78, 5) is 2.10. The van der Waals surface area contributed by atoms with Gasteiger partial charge in [-0.1, -0.05) is 30.3 Å². The first kappa shape index (κ1) is 10.6. The molecule has 2 nitrogen and oxygen atoms in total. The van der Waals surface area contributed by atoms with Crippen LogP contribution < -0.4 is 5.73 Å². The minimum Gasteiger partial charge on any atom is -0.326 e. The Morgan fingerprint density at radius 2 is 2.00 bits per heavy atom. The molecule has 1 saturated heterocycles. The lowest BCUT2D eigenvalue weighted by molar-refractivity contribution is 0.292. The number of alkyl halides is 1. The highest BCUT2D eigenvalue weighted by atomic mass is 19.1. The zero-order valence-corrected chi connectivity index (χ0v) is 8.77. The van der Waals surface area contributed by atoms with Gasteiger partial charge >= 0.3 is 0 Å². The summed E-state index contributed by atoms with van der Waals surface area (Å²) in [5.41, 5.74) is 7.34. The number of halogens is 1. The zero-order valence-electron chi connectivity index (χ0n) is 8.77. The van der Waals surface area contributed by atoms with Crippen LogP contribution in [0.25, 0.3) is 0 Å². The Labute approximate surface area is 89.9 Å². The summed E-state index contributed by atoms with van der Waals surface area (Å²) in [7, 11) is 0. The highest BCUT2D eigenvalue weighted by molar-refractivity contribution is 5.23. The van der Waals surface area contributed by atoms with Crippen LogP contribution >= 0.6 is 0 Å². The average molecular weight is 208 g/mol. The summed E-state index contributed by atoms with van der Waals surface area (Å²) in [6.45, 7) is 1.92. The maximum atomic E-state index is 12.2. The minimum atomic E-state index is -0.284. The van der Waals surface area contributed by atoms with Crippen LogP contribution in [0, 0.1) is 0 Å².